The van der Waals surface area contributed by atoms with Crippen molar-refractivity contribution in [2.75, 3.05) is 32.7 Å². The van der Waals surface area contributed by atoms with E-state index in [1.54, 1.807) is 23.0 Å². The number of fused-ring (bicyclic) bond motifs is 1. The lowest BCUT2D eigenvalue weighted by atomic mass is 9.90. The Hall–Kier alpha value is -2.71. The van der Waals surface area contributed by atoms with Gasteiger partial charge in [0.1, 0.15) is 5.78 Å². The molecule has 5 rings (SSSR count). The first-order chi connectivity index (χ1) is 15.7. The zero-order valence-corrected chi connectivity index (χ0v) is 18.9. The van der Waals surface area contributed by atoms with Crippen LogP contribution in [0.5, 0.6) is 0 Å². The second-order valence-electron chi connectivity index (χ2n) is 8.74. The first-order valence-corrected chi connectivity index (χ1v) is 12.2. The van der Waals surface area contributed by atoms with E-state index < -0.39 is 0 Å². The van der Waals surface area contributed by atoms with Crippen molar-refractivity contribution in [3.8, 4) is 10.6 Å². The zero-order valence-electron chi connectivity index (χ0n) is 18.1. The van der Waals surface area contributed by atoms with Gasteiger partial charge in [0.05, 0.1) is 22.6 Å². The van der Waals surface area contributed by atoms with Crippen molar-refractivity contribution in [3.63, 3.8) is 0 Å². The number of piperidine rings is 1. The Morgan fingerprint density at radius 2 is 1.75 bits per heavy atom. The van der Waals surface area contributed by atoms with E-state index in [4.69, 9.17) is 0 Å². The summed E-state index contributed by atoms with van der Waals surface area (Å²) in [6.07, 6.45) is 9.63. The van der Waals surface area contributed by atoms with Crippen LogP contribution in [0.25, 0.3) is 21.3 Å². The molecule has 166 valence electrons. The molecule has 32 heavy (non-hydrogen) atoms. The zero-order chi connectivity index (χ0) is 21.9. The Bertz CT molecular complexity index is 1100. The normalized spacial score (nSPS) is 17.8. The van der Waals surface area contributed by atoms with Gasteiger partial charge < -0.3 is 4.90 Å². The molecule has 0 N–H and O–H groups in total. The molecule has 0 bridgehead atoms. The van der Waals surface area contributed by atoms with Gasteiger partial charge in [-0.1, -0.05) is 0 Å². The highest BCUT2D eigenvalue weighted by Gasteiger charge is 2.28. The predicted molar refractivity (Wildman–Crippen MR) is 124 cm³/mol. The summed E-state index contributed by atoms with van der Waals surface area (Å²) in [5, 5.41) is 1.99. The molecule has 3 aromatic heterocycles. The van der Waals surface area contributed by atoms with Crippen molar-refractivity contribution in [1.29, 1.82) is 0 Å². The van der Waals surface area contributed by atoms with E-state index in [1.165, 1.54) is 12.8 Å². The lowest BCUT2D eigenvalue weighted by molar-refractivity contribution is -0.135. The number of carbonyl (C=O) groups excluding carboxylic acids is 2. The van der Waals surface area contributed by atoms with Crippen LogP contribution in [0.2, 0.25) is 0 Å². The molecule has 0 saturated carbocycles. The number of ketones is 1. The molecule has 2 fully saturated rings. The van der Waals surface area contributed by atoms with Gasteiger partial charge in [-0.2, -0.15) is 0 Å². The average Bonchev–Trinajstić information content (AvgIpc) is 3.53. The predicted octanol–water partition coefficient (Wildman–Crippen LogP) is 3.20. The minimum Gasteiger partial charge on any atom is -0.342 e. The molecular weight excluding hydrogens is 422 g/mol. The molecule has 7 nitrogen and oxygen atoms in total. The fourth-order valence-electron chi connectivity index (χ4n) is 4.66. The first kappa shape index (κ1) is 21.2. The van der Waals surface area contributed by atoms with Gasteiger partial charge in [0.2, 0.25) is 5.91 Å². The number of rotatable bonds is 6. The summed E-state index contributed by atoms with van der Waals surface area (Å²) in [6, 6.07) is 4.02. The first-order valence-electron chi connectivity index (χ1n) is 11.3. The van der Waals surface area contributed by atoms with Crippen molar-refractivity contribution in [2.45, 2.75) is 32.1 Å². The van der Waals surface area contributed by atoms with Crippen LogP contribution in [-0.4, -0.2) is 69.2 Å². The van der Waals surface area contributed by atoms with Crippen molar-refractivity contribution >= 4 is 33.8 Å². The number of Topliss-reactive ketones (excluding diaryl/α,β-unsaturated/α-hetero) is 1. The van der Waals surface area contributed by atoms with Gasteiger partial charge in [-0.05, 0) is 56.3 Å². The minimum atomic E-state index is 0.00790. The maximum Gasteiger partial charge on any atom is 0.236 e. The van der Waals surface area contributed by atoms with Crippen molar-refractivity contribution in [3.05, 3.63) is 41.9 Å². The van der Waals surface area contributed by atoms with Crippen LogP contribution < -0.4 is 0 Å². The summed E-state index contributed by atoms with van der Waals surface area (Å²) in [6.45, 7) is 3.94. The van der Waals surface area contributed by atoms with Crippen LogP contribution in [0.1, 0.15) is 31.4 Å². The molecule has 0 unspecified atom stereocenters. The molecule has 0 atom stereocenters. The van der Waals surface area contributed by atoms with Gasteiger partial charge in [-0.15, -0.1) is 11.3 Å². The van der Waals surface area contributed by atoms with Crippen LogP contribution >= 0.6 is 11.3 Å². The van der Waals surface area contributed by atoms with Gasteiger partial charge in [-0.25, -0.2) is 0 Å². The van der Waals surface area contributed by atoms with Gasteiger partial charge in [0, 0.05) is 55.1 Å². The fraction of sp³-hybridized carbons (Fsp3) is 0.458. The number of likely N-dealkylation sites (tertiary alicyclic amines) is 2. The molecule has 0 radical (unpaired) electrons. The minimum absolute atomic E-state index is 0.00790. The number of hydrogen-bond donors (Lipinski definition) is 0. The molecule has 0 aliphatic carbocycles. The van der Waals surface area contributed by atoms with Crippen LogP contribution in [0.15, 0.2) is 36.2 Å². The van der Waals surface area contributed by atoms with Gasteiger partial charge in [0.15, 0.2) is 0 Å². The quantitative estimate of drug-likeness (QED) is 0.575. The summed E-state index contributed by atoms with van der Waals surface area (Å²) in [5.74, 6) is 0.438. The summed E-state index contributed by atoms with van der Waals surface area (Å²) in [4.78, 5) is 43.8. The lowest BCUT2D eigenvalue weighted by Crippen LogP contribution is -2.44. The number of hydrogen-bond acceptors (Lipinski definition) is 7. The Kier molecular flexibility index (Phi) is 6.23. The highest BCUT2D eigenvalue weighted by Crippen LogP contribution is 2.26. The summed E-state index contributed by atoms with van der Waals surface area (Å²) < 4.78 is 0. The maximum atomic E-state index is 12.9. The highest BCUT2D eigenvalue weighted by molar-refractivity contribution is 7.13. The van der Waals surface area contributed by atoms with Gasteiger partial charge in [0.25, 0.3) is 0 Å². The molecule has 0 aromatic carbocycles. The Labute approximate surface area is 191 Å². The molecule has 2 aliphatic rings. The van der Waals surface area contributed by atoms with E-state index in [0.29, 0.717) is 26.1 Å². The summed E-state index contributed by atoms with van der Waals surface area (Å²) in [7, 11) is 0. The number of amides is 1. The molecule has 1 amide bonds. The third-order valence-electron chi connectivity index (χ3n) is 6.56. The molecule has 0 spiro atoms. The largest absolute Gasteiger partial charge is 0.342 e. The van der Waals surface area contributed by atoms with Crippen LogP contribution in [-0.2, 0) is 16.0 Å². The number of thiazole rings is 1. The van der Waals surface area contributed by atoms with E-state index in [0.717, 1.165) is 53.0 Å². The van der Waals surface area contributed by atoms with E-state index in [9.17, 15) is 9.59 Å². The number of nitrogens with zero attached hydrogens (tertiary/aromatic N) is 5. The third-order valence-corrected chi connectivity index (χ3v) is 7.36. The maximum absolute atomic E-state index is 12.9. The van der Waals surface area contributed by atoms with Gasteiger partial charge in [-0.3, -0.25) is 29.4 Å². The molecule has 3 aromatic rings. The Morgan fingerprint density at radius 1 is 0.969 bits per heavy atom. The standard InChI is InChI=1S/C24H27N5O2S/c30-22(17-3-7-29(8-4-17)24(31)15-28-5-1-2-6-28)11-20-9-18-10-21(23-14-25-16-32-23)27-13-19(18)12-26-20/h9-10,12-14,16-17H,1-8,11,15H2. The van der Waals surface area contributed by atoms with Crippen LogP contribution in [0.3, 0.4) is 0 Å². The van der Waals surface area contributed by atoms with E-state index in [1.807, 2.05) is 29.4 Å². The number of pyridine rings is 2. The van der Waals surface area contributed by atoms with E-state index in [2.05, 4.69) is 19.9 Å². The average molecular weight is 450 g/mol. The fourth-order valence-corrected chi connectivity index (χ4v) is 5.25. The smallest absolute Gasteiger partial charge is 0.236 e. The van der Waals surface area contributed by atoms with Crippen molar-refractivity contribution < 1.29 is 9.59 Å². The lowest BCUT2D eigenvalue weighted by Gasteiger charge is -2.32. The summed E-state index contributed by atoms with van der Waals surface area (Å²) in [5.41, 5.74) is 3.47. The molecule has 2 saturated heterocycles. The number of aromatic nitrogens is 3. The van der Waals surface area contributed by atoms with Crippen LogP contribution in [0, 0.1) is 5.92 Å². The van der Waals surface area contributed by atoms with Crippen molar-refractivity contribution in [2.24, 2.45) is 5.92 Å². The topological polar surface area (TPSA) is 79.3 Å². The second kappa shape index (κ2) is 9.42. The highest BCUT2D eigenvalue weighted by atomic mass is 32.1. The Balaban J connectivity index is 1.19. The van der Waals surface area contributed by atoms with E-state index in [-0.39, 0.29) is 17.6 Å². The Morgan fingerprint density at radius 3 is 2.50 bits per heavy atom. The second-order valence-corrected chi connectivity index (χ2v) is 9.63. The summed E-state index contributed by atoms with van der Waals surface area (Å²) >= 11 is 1.55. The third kappa shape index (κ3) is 4.71. The van der Waals surface area contributed by atoms with Gasteiger partial charge >= 0.3 is 0 Å². The SMILES string of the molecule is O=C(Cc1cc2cc(-c3cncs3)ncc2cn1)C1CCN(C(=O)CN2CCCC2)CC1. The number of carbonyl (C=O) groups is 2. The monoisotopic (exact) mass is 449 g/mol. The van der Waals surface area contributed by atoms with Crippen LogP contribution in [0.4, 0.5) is 0 Å². The van der Waals surface area contributed by atoms with Crippen molar-refractivity contribution in [1.82, 2.24) is 24.8 Å². The molecular formula is C24H27N5O2S. The van der Waals surface area contributed by atoms with E-state index >= 15 is 0 Å². The molecule has 2 aliphatic heterocycles. The molecule has 5 heterocycles. The molecule has 8 heteroatoms.